The minimum atomic E-state index is -3.43. The van der Waals surface area contributed by atoms with Crippen molar-refractivity contribution in [2.45, 2.75) is 57.1 Å². The minimum absolute atomic E-state index is 0.0512. The average Bonchev–Trinajstić information content (AvgIpc) is 2.56. The quantitative estimate of drug-likeness (QED) is 0.805. The third-order valence-corrected chi connectivity index (χ3v) is 5.20. The highest BCUT2D eigenvalue weighted by Crippen LogP contribution is 2.60. The Morgan fingerprint density at radius 3 is 2.48 bits per heavy atom. The first-order chi connectivity index (χ1) is 10.5. The molecule has 1 heterocycles. The summed E-state index contributed by atoms with van der Waals surface area (Å²) in [5.74, 6) is -8.20. The molecule has 6 heteroatoms. The first-order valence-corrected chi connectivity index (χ1v) is 7.77. The lowest BCUT2D eigenvalue weighted by atomic mass is 9.81. The van der Waals surface area contributed by atoms with Crippen molar-refractivity contribution in [2.75, 3.05) is 6.54 Å². The number of hydrogen-bond donors (Lipinski definition) is 1. The van der Waals surface area contributed by atoms with Crippen molar-refractivity contribution in [3.05, 3.63) is 34.6 Å². The molecule has 0 radical (unpaired) electrons. The summed E-state index contributed by atoms with van der Waals surface area (Å²) in [6.07, 6.45) is 1.12. The fourth-order valence-electron chi connectivity index (χ4n) is 3.78. The van der Waals surface area contributed by atoms with Gasteiger partial charge in [-0.3, -0.25) is 4.79 Å². The van der Waals surface area contributed by atoms with Crippen LogP contribution in [0.3, 0.4) is 0 Å². The molecule has 1 aromatic carbocycles. The number of alkyl halides is 2. The van der Waals surface area contributed by atoms with Crippen molar-refractivity contribution >= 4 is 5.91 Å². The number of aliphatic hydroxyl groups is 1. The Labute approximate surface area is 133 Å². The molecule has 23 heavy (non-hydrogen) atoms. The fourth-order valence-corrected chi connectivity index (χ4v) is 3.78. The maximum atomic E-state index is 15.9. The van der Waals surface area contributed by atoms with Crippen LogP contribution < -0.4 is 0 Å². The molecule has 2 atom stereocenters. The summed E-state index contributed by atoms with van der Waals surface area (Å²) < 4.78 is 45.8. The van der Waals surface area contributed by atoms with Gasteiger partial charge in [-0.25, -0.2) is 13.2 Å². The molecule has 3 rings (SSSR count). The van der Waals surface area contributed by atoms with Crippen LogP contribution in [0.25, 0.3) is 0 Å². The molecule has 126 valence electrons. The molecule has 0 saturated carbocycles. The van der Waals surface area contributed by atoms with Crippen LogP contribution in [-0.2, 0) is 16.0 Å². The number of benzene rings is 1. The number of fused-ring (bicyclic) bond motifs is 1. The summed E-state index contributed by atoms with van der Waals surface area (Å²) in [5.41, 5.74) is -1.70. The fraction of sp³-hybridized carbons (Fsp3) is 0.588. The number of amides is 1. The summed E-state index contributed by atoms with van der Waals surface area (Å²) in [7, 11) is 0. The number of likely N-dealkylation sites (tertiary alicyclic amines) is 1. The molecule has 2 aliphatic rings. The van der Waals surface area contributed by atoms with Gasteiger partial charge in [-0.2, -0.15) is 0 Å². The van der Waals surface area contributed by atoms with E-state index < -0.39 is 34.4 Å². The average molecular weight is 327 g/mol. The second kappa shape index (κ2) is 4.72. The molecule has 1 saturated heterocycles. The van der Waals surface area contributed by atoms with Crippen molar-refractivity contribution in [1.29, 1.82) is 0 Å². The van der Waals surface area contributed by atoms with Crippen LogP contribution in [0.4, 0.5) is 13.2 Å². The lowest BCUT2D eigenvalue weighted by Crippen LogP contribution is -2.62. The van der Waals surface area contributed by atoms with Gasteiger partial charge in [-0.1, -0.05) is 19.9 Å². The van der Waals surface area contributed by atoms with E-state index in [1.807, 2.05) is 0 Å². The number of hydrogen-bond acceptors (Lipinski definition) is 2. The van der Waals surface area contributed by atoms with E-state index in [1.54, 1.807) is 6.92 Å². The molecule has 2 unspecified atom stereocenters. The molecule has 1 aliphatic heterocycles. The maximum Gasteiger partial charge on any atom is 0.274 e. The number of piperidine rings is 1. The zero-order valence-electron chi connectivity index (χ0n) is 13.4. The highest BCUT2D eigenvalue weighted by molar-refractivity contribution is 5.78. The summed E-state index contributed by atoms with van der Waals surface area (Å²) in [5, 5.41) is 10.4. The zero-order valence-corrected chi connectivity index (χ0v) is 13.4. The predicted octanol–water partition coefficient (Wildman–Crippen LogP) is 3.22. The van der Waals surface area contributed by atoms with E-state index in [0.29, 0.717) is 23.3 Å². The summed E-state index contributed by atoms with van der Waals surface area (Å²) in [6, 6.07) is 2.57. The second-order valence-corrected chi connectivity index (χ2v) is 7.04. The van der Waals surface area contributed by atoms with E-state index in [9.17, 15) is 14.3 Å². The first-order valence-electron chi connectivity index (χ1n) is 7.77. The molecule has 1 amide bonds. The van der Waals surface area contributed by atoms with Crippen LogP contribution in [0.2, 0.25) is 0 Å². The Hall–Kier alpha value is -1.56. The van der Waals surface area contributed by atoms with Gasteiger partial charge in [-0.15, -0.1) is 0 Å². The van der Waals surface area contributed by atoms with Crippen LogP contribution >= 0.6 is 0 Å². The smallest absolute Gasteiger partial charge is 0.274 e. The Balaban J connectivity index is 2.31. The standard InChI is InChI=1S/C17H20F3NO2/c1-10-8-11-14(12(18)9-10)16(19,17(20,23)15(11,2)3)21-7-5-4-6-13(21)22/h8-9,23H,4-7H2,1-3H3. The van der Waals surface area contributed by atoms with E-state index in [2.05, 4.69) is 0 Å². The lowest BCUT2D eigenvalue weighted by molar-refractivity contribution is -0.276. The van der Waals surface area contributed by atoms with Gasteiger partial charge in [-0.05, 0) is 37.0 Å². The molecule has 3 nitrogen and oxygen atoms in total. The molecule has 1 fully saturated rings. The molecule has 0 spiro atoms. The number of nitrogens with zero attached hydrogens (tertiary/aromatic N) is 1. The minimum Gasteiger partial charge on any atom is -0.357 e. The molecular formula is C17H20F3NO2. The molecule has 1 N–H and O–H groups in total. The Kier molecular flexibility index (Phi) is 3.35. The van der Waals surface area contributed by atoms with Gasteiger partial charge in [0.1, 0.15) is 5.82 Å². The Morgan fingerprint density at radius 2 is 1.87 bits per heavy atom. The van der Waals surface area contributed by atoms with Gasteiger partial charge in [0.2, 0.25) is 5.91 Å². The van der Waals surface area contributed by atoms with Crippen LogP contribution in [0.1, 0.15) is 49.8 Å². The van der Waals surface area contributed by atoms with E-state index in [4.69, 9.17) is 0 Å². The predicted molar refractivity (Wildman–Crippen MR) is 78.6 cm³/mol. The second-order valence-electron chi connectivity index (χ2n) is 7.04. The highest BCUT2D eigenvalue weighted by atomic mass is 19.2. The summed E-state index contributed by atoms with van der Waals surface area (Å²) >= 11 is 0. The topological polar surface area (TPSA) is 40.5 Å². The molecular weight excluding hydrogens is 307 g/mol. The van der Waals surface area contributed by atoms with Crippen molar-refractivity contribution in [3.63, 3.8) is 0 Å². The number of rotatable bonds is 1. The Bertz CT molecular complexity index is 687. The van der Waals surface area contributed by atoms with Crippen LogP contribution in [0.5, 0.6) is 0 Å². The van der Waals surface area contributed by atoms with Crippen LogP contribution in [0.15, 0.2) is 12.1 Å². The normalized spacial score (nSPS) is 33.0. The van der Waals surface area contributed by atoms with Crippen molar-refractivity contribution in [2.24, 2.45) is 0 Å². The molecule has 0 aromatic heterocycles. The maximum absolute atomic E-state index is 15.9. The van der Waals surface area contributed by atoms with E-state index >= 15 is 8.78 Å². The van der Waals surface area contributed by atoms with Gasteiger partial charge in [0.15, 0.2) is 0 Å². The van der Waals surface area contributed by atoms with Crippen molar-refractivity contribution in [3.8, 4) is 0 Å². The third kappa shape index (κ3) is 1.84. The SMILES string of the molecule is Cc1cc(F)c2c(c1)C(C)(C)C(O)(F)C2(F)N1CCCCC1=O. The van der Waals surface area contributed by atoms with Gasteiger partial charge in [0, 0.05) is 13.0 Å². The molecule has 1 aromatic rings. The van der Waals surface area contributed by atoms with Gasteiger partial charge in [0.25, 0.3) is 11.6 Å². The molecule has 0 bridgehead atoms. The summed E-state index contributed by atoms with van der Waals surface area (Å²) in [4.78, 5) is 12.8. The number of halogens is 3. The highest BCUT2D eigenvalue weighted by Gasteiger charge is 2.73. The largest absolute Gasteiger partial charge is 0.357 e. The number of aryl methyl sites for hydroxylation is 1. The number of carbonyl (C=O) groups excluding carboxylic acids is 1. The van der Waals surface area contributed by atoms with E-state index in [0.717, 1.165) is 6.07 Å². The Morgan fingerprint density at radius 1 is 1.22 bits per heavy atom. The van der Waals surface area contributed by atoms with Crippen molar-refractivity contribution < 1.29 is 23.1 Å². The van der Waals surface area contributed by atoms with Gasteiger partial charge >= 0.3 is 0 Å². The first kappa shape index (κ1) is 16.3. The third-order valence-electron chi connectivity index (χ3n) is 5.20. The van der Waals surface area contributed by atoms with E-state index in [-0.39, 0.29) is 18.5 Å². The van der Waals surface area contributed by atoms with Crippen LogP contribution in [0, 0.1) is 12.7 Å². The summed E-state index contributed by atoms with van der Waals surface area (Å²) in [6.45, 7) is 4.20. The number of carbonyl (C=O) groups is 1. The van der Waals surface area contributed by atoms with Crippen LogP contribution in [-0.4, -0.2) is 28.3 Å². The molecule has 1 aliphatic carbocycles. The lowest BCUT2D eigenvalue weighted by Gasteiger charge is -2.44. The van der Waals surface area contributed by atoms with Gasteiger partial charge < -0.3 is 10.0 Å². The van der Waals surface area contributed by atoms with Crippen molar-refractivity contribution in [1.82, 2.24) is 4.90 Å². The zero-order chi connectivity index (χ0) is 17.2. The monoisotopic (exact) mass is 327 g/mol. The van der Waals surface area contributed by atoms with Gasteiger partial charge in [0.05, 0.1) is 11.0 Å². The van der Waals surface area contributed by atoms with E-state index in [1.165, 1.54) is 19.9 Å².